The summed E-state index contributed by atoms with van der Waals surface area (Å²) in [5.41, 5.74) is 0. The molecule has 0 unspecified atom stereocenters. The lowest BCUT2D eigenvalue weighted by Gasteiger charge is -1.96. The molecule has 0 saturated carbocycles. The van der Waals surface area contributed by atoms with Gasteiger partial charge in [-0.25, -0.2) is 0 Å². The van der Waals surface area contributed by atoms with E-state index < -0.39 is 0 Å². The Balaban J connectivity index is 2.00. The summed E-state index contributed by atoms with van der Waals surface area (Å²) in [5, 5.41) is 1.47. The number of allylic oxidation sites excluding steroid dienone is 2. The number of rotatable bonds is 8. The number of unbranched alkanes of at least 4 members (excludes halogenated alkanes) is 4. The van der Waals surface area contributed by atoms with Crippen molar-refractivity contribution in [3.63, 3.8) is 0 Å². The lowest BCUT2D eigenvalue weighted by molar-refractivity contribution is 0.674. The van der Waals surface area contributed by atoms with Crippen LogP contribution < -0.4 is 5.19 Å². The minimum atomic E-state index is 0.930. The Bertz CT molecular complexity index is 277. The molecule has 16 heavy (non-hydrogen) atoms. The van der Waals surface area contributed by atoms with Crippen LogP contribution in [0, 0.1) is 0 Å². The highest BCUT2D eigenvalue weighted by molar-refractivity contribution is 6.53. The van der Waals surface area contributed by atoms with Crippen molar-refractivity contribution < 1.29 is 0 Å². The molecule has 0 bridgehead atoms. The Morgan fingerprint density at radius 3 is 2.56 bits per heavy atom. The molecule has 0 spiro atoms. The zero-order chi connectivity index (χ0) is 11.5. The third-order valence-corrected chi connectivity index (χ3v) is 3.77. The first-order valence-electron chi connectivity index (χ1n) is 6.37. The van der Waals surface area contributed by atoms with Gasteiger partial charge in [0.25, 0.3) is 0 Å². The van der Waals surface area contributed by atoms with Crippen LogP contribution in [0.5, 0.6) is 0 Å². The number of benzene rings is 1. The van der Waals surface area contributed by atoms with Crippen LogP contribution in [0.25, 0.3) is 0 Å². The van der Waals surface area contributed by atoms with E-state index in [1.54, 1.807) is 0 Å². The van der Waals surface area contributed by atoms with Crippen molar-refractivity contribution in [3.8, 4) is 0 Å². The molecule has 0 aliphatic carbocycles. The molecule has 0 fully saturated rings. The molecule has 0 atom stereocenters. The van der Waals surface area contributed by atoms with Gasteiger partial charge in [-0.3, -0.25) is 0 Å². The normalized spacial score (nSPS) is 11.1. The monoisotopic (exact) mass is 230 g/mol. The van der Waals surface area contributed by atoms with Crippen molar-refractivity contribution in [2.75, 3.05) is 0 Å². The van der Waals surface area contributed by atoms with Gasteiger partial charge in [-0.2, -0.15) is 0 Å². The zero-order valence-corrected chi connectivity index (χ0v) is 11.3. The van der Waals surface area contributed by atoms with Gasteiger partial charge in [-0.1, -0.05) is 73.9 Å². The zero-order valence-electron chi connectivity index (χ0n) is 10.3. The molecule has 0 amide bonds. The van der Waals surface area contributed by atoms with Gasteiger partial charge in [0.2, 0.25) is 0 Å². The maximum atomic E-state index is 2.35. The quantitative estimate of drug-likeness (QED) is 0.360. The average molecular weight is 230 g/mol. The van der Waals surface area contributed by atoms with Gasteiger partial charge in [0.05, 0.1) is 9.52 Å². The Hall–Kier alpha value is -0.823. The first-order valence-corrected chi connectivity index (χ1v) is 7.58. The molecule has 0 aliphatic rings. The van der Waals surface area contributed by atoms with Gasteiger partial charge in [-0.05, 0) is 18.9 Å². The van der Waals surface area contributed by atoms with Crippen LogP contribution >= 0.6 is 0 Å². The first-order chi connectivity index (χ1) is 7.93. The first kappa shape index (κ1) is 13.2. The third kappa shape index (κ3) is 6.62. The van der Waals surface area contributed by atoms with Crippen molar-refractivity contribution in [3.05, 3.63) is 42.5 Å². The second-order valence-electron chi connectivity index (χ2n) is 4.07. The van der Waals surface area contributed by atoms with E-state index >= 15 is 0 Å². The molecule has 1 rings (SSSR count). The fraction of sp³-hybridized carbons (Fsp3) is 0.467. The van der Waals surface area contributed by atoms with Crippen LogP contribution in [0.1, 0.15) is 39.0 Å². The summed E-state index contributed by atoms with van der Waals surface area (Å²) in [6.07, 6.45) is 11.4. The van der Waals surface area contributed by atoms with Crippen LogP contribution in [-0.2, 0) is 0 Å². The molecular formula is C15H22Si. The van der Waals surface area contributed by atoms with Gasteiger partial charge in [0.1, 0.15) is 0 Å². The Morgan fingerprint density at radius 1 is 1.00 bits per heavy atom. The van der Waals surface area contributed by atoms with E-state index in [1.165, 1.54) is 43.3 Å². The van der Waals surface area contributed by atoms with Crippen molar-refractivity contribution in [1.82, 2.24) is 0 Å². The Morgan fingerprint density at radius 2 is 1.81 bits per heavy atom. The van der Waals surface area contributed by atoms with Gasteiger partial charge in [0.15, 0.2) is 0 Å². The second kappa shape index (κ2) is 9.41. The van der Waals surface area contributed by atoms with Crippen LogP contribution in [0.2, 0.25) is 6.04 Å². The standard InChI is InChI=1S/C15H22Si/c1-2-3-4-5-6-7-11-14-16-15-12-9-8-10-13-15/h7-13H,2-6,14H2,1H3/b11-7-. The minimum absolute atomic E-state index is 0.930. The summed E-state index contributed by atoms with van der Waals surface area (Å²) in [6.45, 7) is 2.26. The highest BCUT2D eigenvalue weighted by Crippen LogP contribution is 2.03. The second-order valence-corrected chi connectivity index (χ2v) is 5.41. The van der Waals surface area contributed by atoms with Crippen LogP contribution in [0.3, 0.4) is 0 Å². The van der Waals surface area contributed by atoms with E-state index in [-0.39, 0.29) is 0 Å². The topological polar surface area (TPSA) is 0 Å². The number of hydrogen-bond donors (Lipinski definition) is 0. The summed E-state index contributed by atoms with van der Waals surface area (Å²) in [4.78, 5) is 0. The lowest BCUT2D eigenvalue weighted by atomic mass is 10.1. The molecule has 0 aromatic heterocycles. The summed E-state index contributed by atoms with van der Waals surface area (Å²) >= 11 is 0. The SMILES string of the molecule is CCCCCC/C=C\C[Si]c1ccccc1. The maximum Gasteiger partial charge on any atom is 0.0849 e. The number of hydrogen-bond acceptors (Lipinski definition) is 0. The molecule has 2 radical (unpaired) electrons. The molecule has 86 valence electrons. The van der Waals surface area contributed by atoms with Crippen molar-refractivity contribution in [2.24, 2.45) is 0 Å². The van der Waals surface area contributed by atoms with E-state index in [9.17, 15) is 0 Å². The molecule has 0 N–H and O–H groups in total. The molecular weight excluding hydrogens is 208 g/mol. The minimum Gasteiger partial charge on any atom is -0.0913 e. The average Bonchev–Trinajstić information content (AvgIpc) is 2.34. The molecule has 0 heterocycles. The van der Waals surface area contributed by atoms with Gasteiger partial charge >= 0.3 is 0 Å². The predicted octanol–water partition coefficient (Wildman–Crippen LogP) is 3.96. The highest BCUT2D eigenvalue weighted by atomic mass is 28.2. The molecule has 0 nitrogen and oxygen atoms in total. The van der Waals surface area contributed by atoms with Crippen LogP contribution in [-0.4, -0.2) is 9.52 Å². The molecule has 1 heteroatoms. The van der Waals surface area contributed by atoms with Gasteiger partial charge < -0.3 is 0 Å². The summed E-state index contributed by atoms with van der Waals surface area (Å²) in [5.74, 6) is 0. The van der Waals surface area contributed by atoms with E-state index in [0.717, 1.165) is 9.52 Å². The predicted molar refractivity (Wildman–Crippen MR) is 74.5 cm³/mol. The van der Waals surface area contributed by atoms with Gasteiger partial charge in [-0.15, -0.1) is 0 Å². The van der Waals surface area contributed by atoms with E-state index in [0.29, 0.717) is 0 Å². The lowest BCUT2D eigenvalue weighted by Crippen LogP contribution is -2.11. The van der Waals surface area contributed by atoms with Gasteiger partial charge in [0, 0.05) is 0 Å². The third-order valence-electron chi connectivity index (χ3n) is 2.59. The van der Waals surface area contributed by atoms with Crippen molar-refractivity contribution >= 4 is 14.7 Å². The van der Waals surface area contributed by atoms with Crippen LogP contribution in [0.15, 0.2) is 42.5 Å². The van der Waals surface area contributed by atoms with E-state index in [2.05, 4.69) is 49.4 Å². The van der Waals surface area contributed by atoms with Crippen molar-refractivity contribution in [2.45, 2.75) is 45.1 Å². The fourth-order valence-corrected chi connectivity index (χ4v) is 2.57. The molecule has 1 aromatic rings. The smallest absolute Gasteiger partial charge is 0.0849 e. The summed E-state index contributed by atoms with van der Waals surface area (Å²) < 4.78 is 0. The Kier molecular flexibility index (Phi) is 7.79. The van der Waals surface area contributed by atoms with E-state index in [1.807, 2.05) is 0 Å². The Labute approximate surface area is 103 Å². The maximum absolute atomic E-state index is 2.35. The molecule has 1 aromatic carbocycles. The highest BCUT2D eigenvalue weighted by Gasteiger charge is 1.90. The molecule has 0 aliphatic heterocycles. The fourth-order valence-electron chi connectivity index (χ4n) is 1.62. The molecule has 0 saturated heterocycles. The summed E-state index contributed by atoms with van der Waals surface area (Å²) in [7, 11) is 0.930. The van der Waals surface area contributed by atoms with Crippen LogP contribution in [0.4, 0.5) is 0 Å². The largest absolute Gasteiger partial charge is 0.0913 e. The summed E-state index contributed by atoms with van der Waals surface area (Å²) in [6, 6.07) is 12.0. The van der Waals surface area contributed by atoms with E-state index in [4.69, 9.17) is 0 Å². The van der Waals surface area contributed by atoms with Crippen molar-refractivity contribution in [1.29, 1.82) is 0 Å².